The van der Waals surface area contributed by atoms with E-state index in [1.165, 1.54) is 13.0 Å². The largest absolute Gasteiger partial charge is 0.465 e. The number of nitrogens with one attached hydrogen (secondary N) is 1. The lowest BCUT2D eigenvalue weighted by molar-refractivity contribution is 0.133. The van der Waals surface area contributed by atoms with E-state index in [2.05, 4.69) is 5.32 Å². The van der Waals surface area contributed by atoms with Gasteiger partial charge in [0.25, 0.3) is 0 Å². The summed E-state index contributed by atoms with van der Waals surface area (Å²) in [6, 6.07) is 3.89. The SMILES string of the molecule is C[C@@H](O)[C@H](NC(=O)O)c1ccc(Cl)cc1Cl. The summed E-state index contributed by atoms with van der Waals surface area (Å²) in [5.41, 5.74) is 0.489. The van der Waals surface area contributed by atoms with Gasteiger partial charge in [0.1, 0.15) is 0 Å². The molecule has 16 heavy (non-hydrogen) atoms. The number of benzene rings is 1. The Morgan fingerprint density at radius 3 is 2.50 bits per heavy atom. The van der Waals surface area contributed by atoms with Crippen LogP contribution in [0.1, 0.15) is 18.5 Å². The van der Waals surface area contributed by atoms with E-state index in [4.69, 9.17) is 28.3 Å². The summed E-state index contributed by atoms with van der Waals surface area (Å²) in [5, 5.41) is 21.1. The zero-order valence-corrected chi connectivity index (χ0v) is 9.96. The first kappa shape index (κ1) is 13.1. The van der Waals surface area contributed by atoms with E-state index in [0.717, 1.165) is 0 Å². The van der Waals surface area contributed by atoms with E-state index in [1.807, 2.05) is 0 Å². The predicted molar refractivity (Wildman–Crippen MR) is 62.0 cm³/mol. The molecule has 1 aromatic carbocycles. The smallest absolute Gasteiger partial charge is 0.405 e. The molecule has 0 unspecified atom stereocenters. The van der Waals surface area contributed by atoms with Gasteiger partial charge in [0.05, 0.1) is 12.1 Å². The minimum atomic E-state index is -1.23. The molecule has 0 radical (unpaired) electrons. The second kappa shape index (κ2) is 5.39. The average Bonchev–Trinajstić information content (AvgIpc) is 2.14. The molecule has 3 N–H and O–H groups in total. The van der Waals surface area contributed by atoms with Crippen molar-refractivity contribution in [3.05, 3.63) is 33.8 Å². The molecule has 0 saturated heterocycles. The van der Waals surface area contributed by atoms with Crippen molar-refractivity contribution in [3.8, 4) is 0 Å². The minimum Gasteiger partial charge on any atom is -0.465 e. The van der Waals surface area contributed by atoms with E-state index in [1.54, 1.807) is 12.1 Å². The Labute approximate surface area is 103 Å². The Hall–Kier alpha value is -0.970. The number of aliphatic hydroxyl groups is 1. The van der Waals surface area contributed by atoms with Gasteiger partial charge in [-0.25, -0.2) is 4.79 Å². The van der Waals surface area contributed by atoms with Crippen LogP contribution in [0.15, 0.2) is 18.2 Å². The Balaban J connectivity index is 3.05. The molecule has 88 valence electrons. The van der Waals surface area contributed by atoms with Gasteiger partial charge in [-0.3, -0.25) is 0 Å². The quantitative estimate of drug-likeness (QED) is 0.786. The topological polar surface area (TPSA) is 69.6 Å². The lowest BCUT2D eigenvalue weighted by atomic mass is 10.0. The van der Waals surface area contributed by atoms with Crippen LogP contribution >= 0.6 is 23.2 Å². The summed E-state index contributed by atoms with van der Waals surface area (Å²) in [6.45, 7) is 1.48. The van der Waals surface area contributed by atoms with Crippen molar-refractivity contribution < 1.29 is 15.0 Å². The molecule has 0 fully saturated rings. The van der Waals surface area contributed by atoms with Crippen LogP contribution in [-0.2, 0) is 0 Å². The van der Waals surface area contributed by atoms with E-state index in [-0.39, 0.29) is 0 Å². The van der Waals surface area contributed by atoms with Gasteiger partial charge in [-0.2, -0.15) is 0 Å². The molecule has 0 saturated carbocycles. The lowest BCUT2D eigenvalue weighted by Crippen LogP contribution is -2.34. The maximum absolute atomic E-state index is 10.6. The maximum Gasteiger partial charge on any atom is 0.405 e. The lowest BCUT2D eigenvalue weighted by Gasteiger charge is -2.21. The van der Waals surface area contributed by atoms with Crippen LogP contribution in [0.4, 0.5) is 4.79 Å². The fourth-order valence-electron chi connectivity index (χ4n) is 1.34. The van der Waals surface area contributed by atoms with Gasteiger partial charge in [-0.1, -0.05) is 29.3 Å². The van der Waals surface area contributed by atoms with Crippen molar-refractivity contribution in [2.45, 2.75) is 19.1 Å². The van der Waals surface area contributed by atoms with Gasteiger partial charge in [0.15, 0.2) is 0 Å². The standard InChI is InChI=1S/C10H11Cl2NO3/c1-5(14)9(13-10(15)16)7-3-2-6(11)4-8(7)12/h2-5,9,13-14H,1H3,(H,15,16)/t5-,9+/m1/s1. The first-order chi connectivity index (χ1) is 7.41. The van der Waals surface area contributed by atoms with Gasteiger partial charge in [-0.15, -0.1) is 0 Å². The summed E-state index contributed by atoms with van der Waals surface area (Å²) < 4.78 is 0. The van der Waals surface area contributed by atoms with E-state index >= 15 is 0 Å². The molecule has 0 aromatic heterocycles. The van der Waals surface area contributed by atoms with Gasteiger partial charge < -0.3 is 15.5 Å². The first-order valence-corrected chi connectivity index (χ1v) is 5.30. The zero-order valence-electron chi connectivity index (χ0n) is 8.45. The molecule has 4 nitrogen and oxygen atoms in total. The summed E-state index contributed by atoms with van der Waals surface area (Å²) in [6.07, 6.45) is -2.12. The highest BCUT2D eigenvalue weighted by molar-refractivity contribution is 6.35. The Morgan fingerprint density at radius 1 is 1.44 bits per heavy atom. The third kappa shape index (κ3) is 3.27. The van der Waals surface area contributed by atoms with Crippen LogP contribution in [0.2, 0.25) is 10.0 Å². The highest BCUT2D eigenvalue weighted by Crippen LogP contribution is 2.28. The fraction of sp³-hybridized carbons (Fsp3) is 0.300. The number of carboxylic acid groups (broad SMARTS) is 1. The predicted octanol–water partition coefficient (Wildman–Crippen LogP) is 2.68. The summed E-state index contributed by atoms with van der Waals surface area (Å²) >= 11 is 11.6. The number of rotatable bonds is 3. The third-order valence-corrected chi connectivity index (χ3v) is 2.62. The molecular formula is C10H11Cl2NO3. The third-order valence-electron chi connectivity index (χ3n) is 2.06. The molecule has 0 aliphatic carbocycles. The van der Waals surface area contributed by atoms with Crippen LogP contribution in [0, 0.1) is 0 Å². The number of hydrogen-bond acceptors (Lipinski definition) is 2. The summed E-state index contributed by atoms with van der Waals surface area (Å²) in [7, 11) is 0. The number of amides is 1. The Morgan fingerprint density at radius 2 is 2.06 bits per heavy atom. The van der Waals surface area contributed by atoms with E-state index in [0.29, 0.717) is 15.6 Å². The zero-order chi connectivity index (χ0) is 12.3. The van der Waals surface area contributed by atoms with Gasteiger partial charge in [-0.05, 0) is 24.6 Å². The molecule has 6 heteroatoms. The second-order valence-electron chi connectivity index (χ2n) is 3.33. The number of halogens is 2. The van der Waals surface area contributed by atoms with E-state index in [9.17, 15) is 9.90 Å². The molecule has 0 spiro atoms. The molecule has 0 bridgehead atoms. The second-order valence-corrected chi connectivity index (χ2v) is 4.18. The van der Waals surface area contributed by atoms with Crippen molar-refractivity contribution in [2.24, 2.45) is 0 Å². The number of carbonyl (C=O) groups is 1. The fourth-order valence-corrected chi connectivity index (χ4v) is 1.87. The van der Waals surface area contributed by atoms with Crippen LogP contribution in [0.5, 0.6) is 0 Å². The first-order valence-electron chi connectivity index (χ1n) is 4.54. The highest BCUT2D eigenvalue weighted by Gasteiger charge is 2.21. The average molecular weight is 264 g/mol. The van der Waals surface area contributed by atoms with Crippen molar-refractivity contribution in [2.75, 3.05) is 0 Å². The van der Waals surface area contributed by atoms with Crippen molar-refractivity contribution in [1.29, 1.82) is 0 Å². The Bertz CT molecular complexity index is 396. The van der Waals surface area contributed by atoms with Crippen LogP contribution in [0.3, 0.4) is 0 Å². The van der Waals surface area contributed by atoms with Crippen molar-refractivity contribution >= 4 is 29.3 Å². The molecule has 1 rings (SSSR count). The maximum atomic E-state index is 10.6. The number of aliphatic hydroxyl groups excluding tert-OH is 1. The van der Waals surface area contributed by atoms with Crippen LogP contribution in [0.25, 0.3) is 0 Å². The normalized spacial score (nSPS) is 14.2. The molecule has 1 aromatic rings. The van der Waals surface area contributed by atoms with E-state index < -0.39 is 18.2 Å². The summed E-state index contributed by atoms with van der Waals surface area (Å²) in [5.74, 6) is 0. The summed E-state index contributed by atoms with van der Waals surface area (Å²) in [4.78, 5) is 10.6. The molecule has 0 aliphatic rings. The molecule has 0 aliphatic heterocycles. The van der Waals surface area contributed by atoms with Gasteiger partial charge >= 0.3 is 6.09 Å². The molecular weight excluding hydrogens is 253 g/mol. The molecule has 1 amide bonds. The van der Waals surface area contributed by atoms with Crippen LogP contribution < -0.4 is 5.32 Å². The molecule has 0 heterocycles. The van der Waals surface area contributed by atoms with Crippen LogP contribution in [-0.4, -0.2) is 22.4 Å². The Kier molecular flexibility index (Phi) is 4.41. The minimum absolute atomic E-state index is 0.312. The monoisotopic (exact) mass is 263 g/mol. The van der Waals surface area contributed by atoms with Gasteiger partial charge in [0, 0.05) is 10.0 Å². The highest BCUT2D eigenvalue weighted by atomic mass is 35.5. The van der Waals surface area contributed by atoms with Crippen molar-refractivity contribution in [3.63, 3.8) is 0 Å². The molecule has 2 atom stereocenters. The number of hydrogen-bond donors (Lipinski definition) is 3. The van der Waals surface area contributed by atoms with Crippen molar-refractivity contribution in [1.82, 2.24) is 5.32 Å². The van der Waals surface area contributed by atoms with Gasteiger partial charge in [0.2, 0.25) is 0 Å².